The van der Waals surface area contributed by atoms with Crippen LogP contribution in [0.15, 0.2) is 77.7 Å². The minimum atomic E-state index is -3.81. The van der Waals surface area contributed by atoms with E-state index < -0.39 is 10.0 Å². The molecule has 0 fully saturated rings. The minimum Gasteiger partial charge on any atom is -0.491 e. The Hall–Kier alpha value is -3.03. The van der Waals surface area contributed by atoms with Gasteiger partial charge in [-0.25, -0.2) is 8.42 Å². The summed E-state index contributed by atoms with van der Waals surface area (Å²) in [5.41, 5.74) is 1.23. The third-order valence-electron chi connectivity index (χ3n) is 4.03. The maximum atomic E-state index is 12.5. The molecule has 0 aliphatic carbocycles. The number of benzene rings is 3. The van der Waals surface area contributed by atoms with Crippen molar-refractivity contribution >= 4 is 38.9 Å². The number of carbonyl (C=O) groups excluding carboxylic acids is 1. The summed E-state index contributed by atoms with van der Waals surface area (Å²) < 4.78 is 33.1. The first-order valence-electron chi connectivity index (χ1n) is 9.20. The number of hydrogen-bond acceptors (Lipinski definition) is 4. The number of rotatable bonds is 7. The molecule has 0 atom stereocenters. The summed E-state index contributed by atoms with van der Waals surface area (Å²) in [6.45, 7) is 3.85. The van der Waals surface area contributed by atoms with E-state index in [2.05, 4.69) is 10.0 Å². The normalized spacial score (nSPS) is 11.2. The molecule has 3 rings (SSSR count). The Morgan fingerprint density at radius 1 is 0.933 bits per heavy atom. The minimum absolute atomic E-state index is 0.0480. The van der Waals surface area contributed by atoms with E-state index in [1.54, 1.807) is 48.5 Å². The van der Waals surface area contributed by atoms with Gasteiger partial charge in [-0.05, 0) is 74.5 Å². The summed E-state index contributed by atoms with van der Waals surface area (Å²) in [4.78, 5) is 12.5. The molecule has 0 radical (unpaired) electrons. The molecule has 3 aromatic carbocycles. The van der Waals surface area contributed by atoms with Crippen LogP contribution in [0.5, 0.6) is 5.75 Å². The number of sulfonamides is 1. The maximum absolute atomic E-state index is 12.5. The fourth-order valence-corrected chi connectivity index (χ4v) is 3.94. The Labute approximate surface area is 180 Å². The van der Waals surface area contributed by atoms with Crippen LogP contribution in [0.1, 0.15) is 24.2 Å². The van der Waals surface area contributed by atoms with E-state index in [0.717, 1.165) is 0 Å². The summed E-state index contributed by atoms with van der Waals surface area (Å²) >= 11 is 6.01. The smallest absolute Gasteiger partial charge is 0.261 e. The lowest BCUT2D eigenvalue weighted by molar-refractivity contribution is 0.102. The van der Waals surface area contributed by atoms with Gasteiger partial charge in [0.15, 0.2) is 0 Å². The van der Waals surface area contributed by atoms with E-state index in [-0.39, 0.29) is 16.9 Å². The molecule has 8 heteroatoms. The Morgan fingerprint density at radius 2 is 1.57 bits per heavy atom. The molecule has 0 aliphatic rings. The zero-order valence-corrected chi connectivity index (χ0v) is 18.0. The molecule has 0 saturated carbocycles. The van der Waals surface area contributed by atoms with Crippen molar-refractivity contribution < 1.29 is 17.9 Å². The molecule has 0 heterocycles. The SMILES string of the molecule is CC(C)Oc1ccc(C(=O)Nc2ccc(S(=O)(=O)Nc3ccccc3Cl)cc2)cc1. The first-order valence-corrected chi connectivity index (χ1v) is 11.1. The fourth-order valence-electron chi connectivity index (χ4n) is 2.63. The third-order valence-corrected chi connectivity index (χ3v) is 5.74. The summed E-state index contributed by atoms with van der Waals surface area (Å²) in [5, 5.41) is 3.04. The van der Waals surface area contributed by atoms with E-state index in [1.807, 2.05) is 13.8 Å². The van der Waals surface area contributed by atoms with Gasteiger partial charge in [0.05, 0.1) is 21.7 Å². The van der Waals surface area contributed by atoms with Gasteiger partial charge < -0.3 is 10.1 Å². The lowest BCUT2D eigenvalue weighted by atomic mass is 10.2. The molecular formula is C22H21ClN2O4S. The maximum Gasteiger partial charge on any atom is 0.261 e. The van der Waals surface area contributed by atoms with Gasteiger partial charge in [0.2, 0.25) is 0 Å². The Kier molecular flexibility index (Phi) is 6.64. The van der Waals surface area contributed by atoms with Crippen molar-refractivity contribution in [1.29, 1.82) is 0 Å². The van der Waals surface area contributed by atoms with Crippen molar-refractivity contribution in [2.24, 2.45) is 0 Å². The van der Waals surface area contributed by atoms with Gasteiger partial charge in [0, 0.05) is 11.3 Å². The van der Waals surface area contributed by atoms with Crippen LogP contribution >= 0.6 is 11.6 Å². The first-order chi connectivity index (χ1) is 14.2. The Balaban J connectivity index is 1.68. The molecule has 6 nitrogen and oxygen atoms in total. The van der Waals surface area contributed by atoms with Crippen LogP contribution in [-0.4, -0.2) is 20.4 Å². The topological polar surface area (TPSA) is 84.5 Å². The first kappa shape index (κ1) is 21.7. The second kappa shape index (κ2) is 9.19. The highest BCUT2D eigenvalue weighted by molar-refractivity contribution is 7.92. The Bertz CT molecular complexity index is 1130. The summed E-state index contributed by atoms with van der Waals surface area (Å²) in [7, 11) is -3.81. The molecule has 3 aromatic rings. The average molecular weight is 445 g/mol. The second-order valence-electron chi connectivity index (χ2n) is 6.75. The number of carbonyl (C=O) groups is 1. The summed E-state index contributed by atoms with van der Waals surface area (Å²) in [6.07, 6.45) is 0.0480. The standard InChI is InChI=1S/C22H21ClN2O4S/c1-15(2)29-18-11-7-16(8-12-18)22(26)24-17-9-13-19(14-10-17)30(27,28)25-21-6-4-3-5-20(21)23/h3-15,25H,1-2H3,(H,24,26). The van der Waals surface area contributed by atoms with Crippen molar-refractivity contribution in [3.8, 4) is 5.75 Å². The largest absolute Gasteiger partial charge is 0.491 e. The fraction of sp³-hybridized carbons (Fsp3) is 0.136. The zero-order valence-electron chi connectivity index (χ0n) is 16.4. The monoisotopic (exact) mass is 444 g/mol. The van der Waals surface area contributed by atoms with Crippen LogP contribution in [0.25, 0.3) is 0 Å². The van der Waals surface area contributed by atoms with Gasteiger partial charge in [0.1, 0.15) is 5.75 Å². The molecule has 0 aromatic heterocycles. The van der Waals surface area contributed by atoms with Crippen molar-refractivity contribution in [3.05, 3.63) is 83.4 Å². The summed E-state index contributed by atoms with van der Waals surface area (Å²) in [5.74, 6) is 0.373. The third kappa shape index (κ3) is 5.52. The molecule has 0 aliphatic heterocycles. The van der Waals surface area contributed by atoms with Gasteiger partial charge in [-0.1, -0.05) is 23.7 Å². The number of anilines is 2. The lowest BCUT2D eigenvalue weighted by Crippen LogP contribution is -2.14. The van der Waals surface area contributed by atoms with Gasteiger partial charge in [0.25, 0.3) is 15.9 Å². The molecule has 0 saturated heterocycles. The van der Waals surface area contributed by atoms with Gasteiger partial charge in [-0.15, -0.1) is 0 Å². The molecule has 0 bridgehead atoms. The van der Waals surface area contributed by atoms with Crippen LogP contribution in [0.4, 0.5) is 11.4 Å². The highest BCUT2D eigenvalue weighted by Crippen LogP contribution is 2.24. The number of para-hydroxylation sites is 1. The average Bonchev–Trinajstić information content (AvgIpc) is 2.70. The van der Waals surface area contributed by atoms with E-state index in [9.17, 15) is 13.2 Å². The molecule has 0 spiro atoms. The summed E-state index contributed by atoms with van der Waals surface area (Å²) in [6, 6.07) is 19.2. The van der Waals surface area contributed by atoms with Crippen LogP contribution in [0.2, 0.25) is 5.02 Å². The van der Waals surface area contributed by atoms with E-state index in [4.69, 9.17) is 16.3 Å². The molecule has 2 N–H and O–H groups in total. The molecular weight excluding hydrogens is 424 g/mol. The predicted molar refractivity (Wildman–Crippen MR) is 119 cm³/mol. The van der Waals surface area contributed by atoms with Gasteiger partial charge >= 0.3 is 0 Å². The second-order valence-corrected chi connectivity index (χ2v) is 8.84. The van der Waals surface area contributed by atoms with Crippen molar-refractivity contribution in [1.82, 2.24) is 0 Å². The van der Waals surface area contributed by atoms with E-state index >= 15 is 0 Å². The number of hydrogen-bond donors (Lipinski definition) is 2. The highest BCUT2D eigenvalue weighted by atomic mass is 35.5. The quantitative estimate of drug-likeness (QED) is 0.525. The molecule has 30 heavy (non-hydrogen) atoms. The number of nitrogens with one attached hydrogen (secondary N) is 2. The van der Waals surface area contributed by atoms with Gasteiger partial charge in [-0.2, -0.15) is 0 Å². The van der Waals surface area contributed by atoms with Crippen LogP contribution in [-0.2, 0) is 10.0 Å². The zero-order chi connectivity index (χ0) is 21.7. The van der Waals surface area contributed by atoms with E-state index in [0.29, 0.717) is 27.7 Å². The van der Waals surface area contributed by atoms with E-state index in [1.165, 1.54) is 24.3 Å². The highest BCUT2D eigenvalue weighted by Gasteiger charge is 2.16. The number of ether oxygens (including phenoxy) is 1. The van der Waals surface area contributed by atoms with Gasteiger partial charge in [-0.3, -0.25) is 9.52 Å². The van der Waals surface area contributed by atoms with Crippen LogP contribution in [0, 0.1) is 0 Å². The molecule has 1 amide bonds. The molecule has 0 unspecified atom stereocenters. The van der Waals surface area contributed by atoms with Crippen LogP contribution < -0.4 is 14.8 Å². The lowest BCUT2D eigenvalue weighted by Gasteiger charge is -2.11. The molecule has 156 valence electrons. The van der Waals surface area contributed by atoms with Crippen molar-refractivity contribution in [3.63, 3.8) is 0 Å². The Morgan fingerprint density at radius 3 is 2.17 bits per heavy atom. The van der Waals surface area contributed by atoms with Crippen molar-refractivity contribution in [2.75, 3.05) is 10.0 Å². The van der Waals surface area contributed by atoms with Crippen molar-refractivity contribution in [2.45, 2.75) is 24.8 Å². The number of halogens is 1. The number of amides is 1. The van der Waals surface area contributed by atoms with Crippen LogP contribution in [0.3, 0.4) is 0 Å². The predicted octanol–water partition coefficient (Wildman–Crippen LogP) is 5.18.